The van der Waals surface area contributed by atoms with Crippen molar-refractivity contribution >= 4 is 33.0 Å². The molecule has 0 amide bonds. The van der Waals surface area contributed by atoms with E-state index < -0.39 is 0 Å². The lowest BCUT2D eigenvalue weighted by Crippen LogP contribution is -1.80. The molecule has 0 nitrogen and oxygen atoms in total. The van der Waals surface area contributed by atoms with Crippen LogP contribution in [0.5, 0.6) is 0 Å². The number of thiophene rings is 1. The third-order valence-electron chi connectivity index (χ3n) is 2.08. The normalized spacial score (nSPS) is 11.4. The van der Waals surface area contributed by atoms with Crippen LogP contribution in [-0.4, -0.2) is 0 Å². The van der Waals surface area contributed by atoms with Gasteiger partial charge in [-0.2, -0.15) is 0 Å². The van der Waals surface area contributed by atoms with E-state index in [-0.39, 0.29) is 0 Å². The van der Waals surface area contributed by atoms with Crippen LogP contribution in [0.2, 0.25) is 5.02 Å². The third kappa shape index (κ3) is 1.47. The van der Waals surface area contributed by atoms with E-state index in [1.165, 1.54) is 15.0 Å². The van der Waals surface area contributed by atoms with Crippen molar-refractivity contribution in [3.05, 3.63) is 34.2 Å². The van der Waals surface area contributed by atoms with Gasteiger partial charge in [-0.25, -0.2) is 0 Å². The Kier molecular flexibility index (Phi) is 2.31. The van der Waals surface area contributed by atoms with Gasteiger partial charge in [0.05, 0.1) is 5.02 Å². The lowest BCUT2D eigenvalue weighted by atomic mass is 10.1. The monoisotopic (exact) mass is 210 g/mol. The largest absolute Gasteiger partial charge is 0.138 e. The zero-order valence-corrected chi connectivity index (χ0v) is 9.25. The summed E-state index contributed by atoms with van der Waals surface area (Å²) in [6.45, 7) is 4.35. The Hall–Kier alpha value is -0.530. The van der Waals surface area contributed by atoms with Gasteiger partial charge in [-0.15, -0.1) is 11.3 Å². The summed E-state index contributed by atoms with van der Waals surface area (Å²) < 4.78 is 1.29. The van der Waals surface area contributed by atoms with E-state index in [1.54, 1.807) is 11.3 Å². The van der Waals surface area contributed by atoms with Gasteiger partial charge in [0, 0.05) is 15.0 Å². The zero-order valence-electron chi connectivity index (χ0n) is 7.67. The first kappa shape index (κ1) is 9.04. The summed E-state index contributed by atoms with van der Waals surface area (Å²) in [5.74, 6) is 0.518. The molecule has 1 heterocycles. The van der Waals surface area contributed by atoms with Crippen LogP contribution in [0.3, 0.4) is 0 Å². The fraction of sp³-hybridized carbons (Fsp3) is 0.273. The summed E-state index contributed by atoms with van der Waals surface area (Å²) in [7, 11) is 0. The summed E-state index contributed by atoms with van der Waals surface area (Å²) >= 11 is 8.06. The highest BCUT2D eigenvalue weighted by Gasteiger charge is 2.11. The maximum absolute atomic E-state index is 6.26. The van der Waals surface area contributed by atoms with E-state index in [0.717, 1.165) is 5.02 Å². The van der Waals surface area contributed by atoms with Gasteiger partial charge in [-0.05, 0) is 12.0 Å². The number of benzene rings is 1. The first-order valence-electron chi connectivity index (χ1n) is 4.37. The van der Waals surface area contributed by atoms with E-state index in [1.807, 2.05) is 6.07 Å². The average Bonchev–Trinajstić information content (AvgIpc) is 2.45. The molecule has 68 valence electrons. The summed E-state index contributed by atoms with van der Waals surface area (Å²) in [5, 5.41) is 2.13. The molecule has 0 unspecified atom stereocenters. The molecule has 0 fully saturated rings. The molecule has 0 bridgehead atoms. The Bertz CT molecular complexity index is 429. The number of rotatable bonds is 1. The number of halogens is 1. The molecule has 0 saturated carbocycles. The van der Waals surface area contributed by atoms with E-state index in [9.17, 15) is 0 Å². The third-order valence-corrected chi connectivity index (χ3v) is 4.07. The highest BCUT2D eigenvalue weighted by atomic mass is 35.5. The lowest BCUT2D eigenvalue weighted by Gasteiger charge is -1.99. The molecule has 0 atom stereocenters. The molecule has 1 aromatic carbocycles. The summed E-state index contributed by atoms with van der Waals surface area (Å²) in [6, 6.07) is 8.29. The minimum Gasteiger partial charge on any atom is -0.138 e. The molecular formula is C11H11ClS. The molecular weight excluding hydrogens is 200 g/mol. The average molecular weight is 211 g/mol. The van der Waals surface area contributed by atoms with Gasteiger partial charge in [-0.1, -0.05) is 43.6 Å². The molecule has 0 spiro atoms. The van der Waals surface area contributed by atoms with E-state index in [0.29, 0.717) is 5.92 Å². The van der Waals surface area contributed by atoms with Crippen LogP contribution in [-0.2, 0) is 0 Å². The Labute approximate surface area is 87.2 Å². The topological polar surface area (TPSA) is 0 Å². The quantitative estimate of drug-likeness (QED) is 0.641. The molecule has 13 heavy (non-hydrogen) atoms. The fourth-order valence-electron chi connectivity index (χ4n) is 1.40. The second kappa shape index (κ2) is 3.32. The van der Waals surface area contributed by atoms with Crippen molar-refractivity contribution < 1.29 is 0 Å². The van der Waals surface area contributed by atoms with Crippen molar-refractivity contribution in [2.75, 3.05) is 0 Å². The number of hydrogen-bond acceptors (Lipinski definition) is 1. The lowest BCUT2D eigenvalue weighted by molar-refractivity contribution is 0.891. The van der Waals surface area contributed by atoms with Crippen molar-refractivity contribution in [3.8, 4) is 0 Å². The second-order valence-corrected chi connectivity index (χ2v) is 4.89. The smallest absolute Gasteiger partial charge is 0.0626 e. The molecule has 2 rings (SSSR count). The Morgan fingerprint density at radius 2 is 1.92 bits per heavy atom. The molecule has 0 aliphatic rings. The molecule has 0 saturated heterocycles. The van der Waals surface area contributed by atoms with Gasteiger partial charge >= 0.3 is 0 Å². The number of fused-ring (bicyclic) bond motifs is 1. The van der Waals surface area contributed by atoms with Crippen LogP contribution in [0.1, 0.15) is 24.6 Å². The maximum atomic E-state index is 6.26. The van der Waals surface area contributed by atoms with Gasteiger partial charge < -0.3 is 0 Å². The Morgan fingerprint density at radius 3 is 2.54 bits per heavy atom. The van der Waals surface area contributed by atoms with Crippen LogP contribution < -0.4 is 0 Å². The van der Waals surface area contributed by atoms with Crippen molar-refractivity contribution in [3.63, 3.8) is 0 Å². The van der Waals surface area contributed by atoms with Gasteiger partial charge in [-0.3, -0.25) is 0 Å². The van der Waals surface area contributed by atoms with Gasteiger partial charge in [0.2, 0.25) is 0 Å². The SMILES string of the molecule is CC(C)c1sc2ccccc2c1Cl. The number of hydrogen-bond donors (Lipinski definition) is 0. The molecule has 0 N–H and O–H groups in total. The van der Waals surface area contributed by atoms with Crippen LogP contribution in [0.15, 0.2) is 24.3 Å². The molecule has 2 aromatic rings. The van der Waals surface area contributed by atoms with Gasteiger partial charge in [0.15, 0.2) is 0 Å². The summed E-state index contributed by atoms with van der Waals surface area (Å²) in [5.41, 5.74) is 0. The molecule has 0 aliphatic heterocycles. The zero-order chi connectivity index (χ0) is 9.42. The van der Waals surface area contributed by atoms with Crippen molar-refractivity contribution in [2.24, 2.45) is 0 Å². The van der Waals surface area contributed by atoms with E-state index in [4.69, 9.17) is 11.6 Å². The highest BCUT2D eigenvalue weighted by Crippen LogP contribution is 2.38. The first-order chi connectivity index (χ1) is 6.20. The molecule has 0 aliphatic carbocycles. The minimum absolute atomic E-state index is 0.518. The minimum atomic E-state index is 0.518. The van der Waals surface area contributed by atoms with E-state index >= 15 is 0 Å². The van der Waals surface area contributed by atoms with Gasteiger partial charge in [0.25, 0.3) is 0 Å². The standard InChI is InChI=1S/C11H11ClS/c1-7(2)11-10(12)8-5-3-4-6-9(8)13-11/h3-7H,1-2H3. The summed E-state index contributed by atoms with van der Waals surface area (Å²) in [6.07, 6.45) is 0. The molecule has 0 radical (unpaired) electrons. The van der Waals surface area contributed by atoms with Crippen LogP contribution in [0.25, 0.3) is 10.1 Å². The second-order valence-electron chi connectivity index (χ2n) is 3.43. The van der Waals surface area contributed by atoms with Gasteiger partial charge in [0.1, 0.15) is 0 Å². The molecule has 1 aromatic heterocycles. The predicted octanol–water partition coefficient (Wildman–Crippen LogP) is 4.68. The Morgan fingerprint density at radius 1 is 1.23 bits per heavy atom. The van der Waals surface area contributed by atoms with Crippen LogP contribution in [0, 0.1) is 0 Å². The van der Waals surface area contributed by atoms with Crippen molar-refractivity contribution in [1.82, 2.24) is 0 Å². The maximum Gasteiger partial charge on any atom is 0.0626 e. The Balaban J connectivity index is 2.74. The van der Waals surface area contributed by atoms with Crippen LogP contribution in [0.4, 0.5) is 0 Å². The van der Waals surface area contributed by atoms with Crippen LogP contribution >= 0.6 is 22.9 Å². The highest BCUT2D eigenvalue weighted by molar-refractivity contribution is 7.19. The predicted molar refractivity (Wildman–Crippen MR) is 60.9 cm³/mol. The fourth-order valence-corrected chi connectivity index (χ4v) is 3.06. The summed E-state index contributed by atoms with van der Waals surface area (Å²) in [4.78, 5) is 1.29. The van der Waals surface area contributed by atoms with Crippen molar-refractivity contribution in [1.29, 1.82) is 0 Å². The van der Waals surface area contributed by atoms with E-state index in [2.05, 4.69) is 32.0 Å². The molecule has 2 heteroatoms. The first-order valence-corrected chi connectivity index (χ1v) is 5.56. The van der Waals surface area contributed by atoms with Crippen molar-refractivity contribution in [2.45, 2.75) is 19.8 Å².